The summed E-state index contributed by atoms with van der Waals surface area (Å²) in [6, 6.07) is 10.9. The van der Waals surface area contributed by atoms with E-state index in [1.807, 2.05) is 58.9 Å². The Balaban J connectivity index is 1.24. The Bertz CT molecular complexity index is 2150. The Kier molecular flexibility index (Phi) is 7.04. The minimum atomic E-state index is -1.26. The summed E-state index contributed by atoms with van der Waals surface area (Å²) in [5.74, 6) is -3.15. The monoisotopic (exact) mass is 700 g/mol. The van der Waals surface area contributed by atoms with E-state index in [1.165, 1.54) is 9.80 Å². The summed E-state index contributed by atoms with van der Waals surface area (Å²) in [6.45, 7) is 9.05. The number of likely N-dealkylation sites (tertiary alicyclic amines) is 1. The summed E-state index contributed by atoms with van der Waals surface area (Å²) in [7, 11) is 1.72. The lowest BCUT2D eigenvalue weighted by molar-refractivity contribution is -0.145. The van der Waals surface area contributed by atoms with Crippen LogP contribution in [0, 0.1) is 36.0 Å². The van der Waals surface area contributed by atoms with Gasteiger partial charge in [-0.15, -0.1) is 11.3 Å². The van der Waals surface area contributed by atoms with Crippen molar-refractivity contribution in [1.29, 1.82) is 0 Å². The molecule has 0 spiro atoms. The maximum Gasteiger partial charge on any atom is 0.242 e. The van der Waals surface area contributed by atoms with Crippen molar-refractivity contribution in [2.75, 3.05) is 4.90 Å². The first-order valence-electron chi connectivity index (χ1n) is 16.6. The number of furan rings is 1. The number of allylic oxidation sites excluding steroid dienone is 2. The molecule has 4 aliphatic rings. The van der Waals surface area contributed by atoms with E-state index in [9.17, 15) is 24.3 Å². The number of nitrogens with zero attached hydrogens (tertiary/aromatic N) is 4. The fraction of sp³-hybridized carbons (Fsp3) is 0.432. The van der Waals surface area contributed by atoms with Crippen LogP contribution in [0.1, 0.15) is 63.5 Å². The quantitative estimate of drug-likeness (QED) is 0.194. The van der Waals surface area contributed by atoms with Crippen LogP contribution in [0.4, 0.5) is 5.82 Å². The lowest BCUT2D eigenvalue weighted by Crippen LogP contribution is -2.49. The Morgan fingerprint density at radius 3 is 2.51 bits per heavy atom. The van der Waals surface area contributed by atoms with Crippen molar-refractivity contribution in [3.05, 3.63) is 70.2 Å². The van der Waals surface area contributed by atoms with Gasteiger partial charge in [0.1, 0.15) is 29.6 Å². The molecule has 3 fully saturated rings. The highest BCUT2D eigenvalue weighted by Crippen LogP contribution is 2.64. The van der Waals surface area contributed by atoms with Gasteiger partial charge in [0.25, 0.3) is 0 Å². The zero-order chi connectivity index (χ0) is 34.9. The molecule has 0 radical (unpaired) electrons. The highest BCUT2D eigenvalue weighted by Gasteiger charge is 2.69. The first-order chi connectivity index (χ1) is 23.2. The van der Waals surface area contributed by atoms with Crippen LogP contribution in [-0.2, 0) is 32.8 Å². The van der Waals surface area contributed by atoms with Gasteiger partial charge in [0, 0.05) is 28.4 Å². The second-order valence-corrected chi connectivity index (χ2v) is 16.5. The number of aromatic nitrogens is 2. The number of amides is 4. The van der Waals surface area contributed by atoms with E-state index >= 15 is 0 Å². The van der Waals surface area contributed by atoms with Crippen molar-refractivity contribution in [2.45, 2.75) is 65.5 Å². The number of imide groups is 2. The fourth-order valence-electron chi connectivity index (χ4n) is 9.05. The number of halogens is 1. The average Bonchev–Trinajstić information content (AvgIpc) is 3.83. The van der Waals surface area contributed by atoms with Crippen molar-refractivity contribution < 1.29 is 28.7 Å². The number of benzene rings is 1. The number of anilines is 1. The number of carbonyl (C=O) groups is 4. The molecule has 4 aromatic rings. The van der Waals surface area contributed by atoms with Crippen LogP contribution in [0.2, 0.25) is 5.02 Å². The second kappa shape index (κ2) is 10.7. The summed E-state index contributed by atoms with van der Waals surface area (Å²) >= 11 is 7.86. The summed E-state index contributed by atoms with van der Waals surface area (Å²) in [5, 5.41) is 16.3. The van der Waals surface area contributed by atoms with E-state index < -0.39 is 40.5 Å². The minimum absolute atomic E-state index is 0.195. The summed E-state index contributed by atoms with van der Waals surface area (Å²) in [6.07, 6.45) is 2.59. The molecular formula is C37H37ClN4O6S. The van der Waals surface area contributed by atoms with Crippen molar-refractivity contribution >= 4 is 62.5 Å². The predicted octanol–water partition coefficient (Wildman–Crippen LogP) is 6.38. The SMILES string of the molecule is Cc1c(-c2cc(N3C(=O)[C@@H]4C[C@@H]5C(=CC[C@@H]6C(=O)N(C(C)(C)C)C(=O)[C@@H]65)[C@H](c5ccc(CO)o5)[C@]4(C)C3=O)n(C)n2)sc2ccc(Cl)cc12. The first-order valence-corrected chi connectivity index (χ1v) is 17.7. The van der Waals surface area contributed by atoms with Crippen LogP contribution in [0.3, 0.4) is 0 Å². The largest absolute Gasteiger partial charge is 0.463 e. The van der Waals surface area contributed by atoms with Crippen LogP contribution >= 0.6 is 22.9 Å². The van der Waals surface area contributed by atoms with Gasteiger partial charge in [0.15, 0.2) is 0 Å². The van der Waals surface area contributed by atoms with Crippen molar-refractivity contribution in [2.24, 2.45) is 36.1 Å². The molecular weight excluding hydrogens is 664 g/mol. The van der Waals surface area contributed by atoms with Gasteiger partial charge in [-0.3, -0.25) is 28.8 Å². The number of carbonyl (C=O) groups excluding carboxylic acids is 4. The highest BCUT2D eigenvalue weighted by molar-refractivity contribution is 7.22. The van der Waals surface area contributed by atoms with Gasteiger partial charge in [-0.05, 0) is 94.7 Å². The summed E-state index contributed by atoms with van der Waals surface area (Å²) < 4.78 is 8.75. The van der Waals surface area contributed by atoms with Gasteiger partial charge < -0.3 is 9.52 Å². The highest BCUT2D eigenvalue weighted by atomic mass is 35.5. The number of rotatable bonds is 4. The van der Waals surface area contributed by atoms with Gasteiger partial charge in [-0.2, -0.15) is 5.10 Å². The smallest absolute Gasteiger partial charge is 0.242 e. The van der Waals surface area contributed by atoms with Crippen LogP contribution in [0.5, 0.6) is 0 Å². The molecule has 0 unspecified atom stereocenters. The van der Waals surface area contributed by atoms with Crippen molar-refractivity contribution in [1.82, 2.24) is 14.7 Å². The number of hydrogen-bond donors (Lipinski definition) is 1. The summed E-state index contributed by atoms with van der Waals surface area (Å²) in [4.78, 5) is 60.8. The van der Waals surface area contributed by atoms with Crippen LogP contribution in [0.25, 0.3) is 20.7 Å². The molecule has 2 aliphatic carbocycles. The topological polar surface area (TPSA) is 126 Å². The zero-order valence-electron chi connectivity index (χ0n) is 28.1. The Labute approximate surface area is 292 Å². The molecule has 8 rings (SSSR count). The lowest BCUT2D eigenvalue weighted by atomic mass is 9.52. The third kappa shape index (κ3) is 4.37. The molecule has 1 N–H and O–H groups in total. The Hall–Kier alpha value is -4.06. The molecule has 4 amide bonds. The van der Waals surface area contributed by atoms with Crippen molar-refractivity contribution in [3.8, 4) is 10.6 Å². The van der Waals surface area contributed by atoms with Gasteiger partial charge >= 0.3 is 0 Å². The van der Waals surface area contributed by atoms with Gasteiger partial charge in [0.2, 0.25) is 23.6 Å². The molecule has 1 saturated carbocycles. The van der Waals surface area contributed by atoms with Gasteiger partial charge in [-0.25, -0.2) is 4.90 Å². The number of aliphatic hydroxyl groups is 1. The normalized spacial score (nSPS) is 28.4. The number of aryl methyl sites for hydroxylation is 2. The Morgan fingerprint density at radius 1 is 1.06 bits per heavy atom. The van der Waals surface area contributed by atoms with Gasteiger partial charge in [0.05, 0.1) is 34.0 Å². The minimum Gasteiger partial charge on any atom is -0.463 e. The second-order valence-electron chi connectivity index (χ2n) is 15.0. The molecule has 2 aliphatic heterocycles. The molecule has 254 valence electrons. The third-order valence-electron chi connectivity index (χ3n) is 11.3. The first kappa shape index (κ1) is 32.2. The van der Waals surface area contributed by atoms with E-state index in [4.69, 9.17) is 21.1 Å². The van der Waals surface area contributed by atoms with E-state index in [2.05, 4.69) is 0 Å². The molecule has 0 bridgehead atoms. The van der Waals surface area contributed by atoms with E-state index in [0.717, 1.165) is 26.1 Å². The maximum atomic E-state index is 14.9. The molecule has 12 heteroatoms. The standard InChI is InChI=1S/C37H37ClN4O6S/c1-17-22-13-18(38)7-12-27(22)49-31(17)25-15-28(40(6)39-25)41-33(45)24-14-23-20(9-10-21-29(23)34(46)42(32(21)44)36(2,3)4)30(37(24,5)35(41)47)26-11-8-19(16-43)48-26/h7-9,11-13,15,21,23-24,29-30,43H,10,14,16H2,1-6H3/t21-,23+,24-,29-,30+,37+/m0/s1. The van der Waals surface area contributed by atoms with Crippen LogP contribution < -0.4 is 4.90 Å². The zero-order valence-corrected chi connectivity index (χ0v) is 29.7. The molecule has 5 heterocycles. The molecule has 10 nitrogen and oxygen atoms in total. The number of aliphatic hydroxyl groups excluding tert-OH is 1. The summed E-state index contributed by atoms with van der Waals surface area (Å²) in [5.41, 5.74) is 0.525. The molecule has 49 heavy (non-hydrogen) atoms. The molecule has 2 saturated heterocycles. The molecule has 1 aromatic carbocycles. The number of fused-ring (bicyclic) bond motifs is 5. The maximum absolute atomic E-state index is 14.9. The number of hydrogen-bond acceptors (Lipinski definition) is 8. The Morgan fingerprint density at radius 2 is 1.82 bits per heavy atom. The fourth-order valence-corrected chi connectivity index (χ4v) is 10.4. The molecule has 3 aromatic heterocycles. The van der Waals surface area contributed by atoms with E-state index in [0.29, 0.717) is 34.5 Å². The van der Waals surface area contributed by atoms with Crippen LogP contribution in [-0.4, -0.2) is 49.0 Å². The van der Waals surface area contributed by atoms with Crippen molar-refractivity contribution in [3.63, 3.8) is 0 Å². The average molecular weight is 701 g/mol. The van der Waals surface area contributed by atoms with E-state index in [1.54, 1.807) is 41.3 Å². The predicted molar refractivity (Wildman–Crippen MR) is 185 cm³/mol. The molecule has 6 atom stereocenters. The number of thiophene rings is 1. The lowest BCUT2D eigenvalue weighted by Gasteiger charge is -2.48. The van der Waals surface area contributed by atoms with Crippen LogP contribution in [0.15, 0.2) is 52.5 Å². The van der Waals surface area contributed by atoms with E-state index in [-0.39, 0.29) is 36.7 Å². The third-order valence-corrected chi connectivity index (χ3v) is 12.8. The van der Waals surface area contributed by atoms with Gasteiger partial charge in [-0.1, -0.05) is 23.3 Å².